The highest BCUT2D eigenvalue weighted by Crippen LogP contribution is 2.46. The molecule has 0 radical (unpaired) electrons. The highest BCUT2D eigenvalue weighted by atomic mass is 16.3. The van der Waals surface area contributed by atoms with Gasteiger partial charge >= 0.3 is 0 Å². The van der Waals surface area contributed by atoms with E-state index in [0.717, 1.165) is 49.3 Å². The van der Waals surface area contributed by atoms with Crippen molar-refractivity contribution in [3.63, 3.8) is 0 Å². The molecule has 1 saturated carbocycles. The van der Waals surface area contributed by atoms with E-state index in [-0.39, 0.29) is 23.1 Å². The number of rotatable bonds is 6. The van der Waals surface area contributed by atoms with E-state index >= 15 is 0 Å². The van der Waals surface area contributed by atoms with Gasteiger partial charge in [-0.25, -0.2) is 0 Å². The molecule has 1 aromatic heterocycles. The summed E-state index contributed by atoms with van der Waals surface area (Å²) in [5.41, 5.74) is 3.43. The fraction of sp³-hybridized carbons (Fsp3) is 0.654. The maximum absolute atomic E-state index is 12.4. The van der Waals surface area contributed by atoms with Crippen LogP contribution in [0.1, 0.15) is 61.6 Å². The van der Waals surface area contributed by atoms with Gasteiger partial charge in [0.2, 0.25) is 11.8 Å². The van der Waals surface area contributed by atoms with Gasteiger partial charge in [-0.15, -0.1) is 0 Å². The Balaban J connectivity index is 1.08. The van der Waals surface area contributed by atoms with Crippen LogP contribution < -0.4 is 5.32 Å². The van der Waals surface area contributed by atoms with E-state index in [9.17, 15) is 14.7 Å². The Labute approximate surface area is 200 Å². The van der Waals surface area contributed by atoms with Crippen LogP contribution in [-0.4, -0.2) is 81.9 Å². The second-order valence-corrected chi connectivity index (χ2v) is 11.1. The van der Waals surface area contributed by atoms with E-state index < -0.39 is 0 Å². The minimum absolute atomic E-state index is 0.193. The number of piperidine rings is 2. The van der Waals surface area contributed by atoms with Crippen molar-refractivity contribution in [3.05, 3.63) is 29.5 Å². The van der Waals surface area contributed by atoms with Crippen molar-refractivity contribution in [2.24, 2.45) is 12.5 Å². The predicted molar refractivity (Wildman–Crippen MR) is 128 cm³/mol. The first-order chi connectivity index (χ1) is 16.4. The first kappa shape index (κ1) is 22.2. The topological polar surface area (TPSA) is 90.7 Å². The van der Waals surface area contributed by atoms with Gasteiger partial charge in [-0.1, -0.05) is 12.1 Å². The summed E-state index contributed by atoms with van der Waals surface area (Å²) in [5.74, 6) is -0.229. The monoisotopic (exact) mass is 465 g/mol. The molecule has 2 amide bonds. The fourth-order valence-corrected chi connectivity index (χ4v) is 6.29. The fourth-order valence-electron chi connectivity index (χ4n) is 6.29. The second kappa shape index (κ2) is 8.43. The lowest BCUT2D eigenvalue weighted by molar-refractivity contribution is -0.134. The van der Waals surface area contributed by atoms with Crippen LogP contribution >= 0.6 is 0 Å². The minimum Gasteiger partial charge on any atom is -0.396 e. The molecular formula is C26H35N5O3. The standard InChI is InChI=1S/C26H35N5O3/c1-29-22-12-18(2-3-20(22)24(28-29)21-4-5-23(33)27-25(21)34)17-6-10-31(11-7-17)19-13-30(14-19)15-26(16-32)8-9-26/h2-3,12,17,19,21,32H,4-11,13-16H2,1H3,(H,27,33,34). The molecule has 8 nitrogen and oxygen atoms in total. The van der Waals surface area contributed by atoms with E-state index in [1.807, 2.05) is 11.7 Å². The molecule has 182 valence electrons. The van der Waals surface area contributed by atoms with Crippen LogP contribution in [0.2, 0.25) is 0 Å². The molecule has 8 heteroatoms. The molecular weight excluding hydrogens is 430 g/mol. The Kier molecular flexibility index (Phi) is 5.50. The third-order valence-corrected chi connectivity index (χ3v) is 8.78. The number of carbonyl (C=O) groups excluding carboxylic acids is 2. The van der Waals surface area contributed by atoms with Gasteiger partial charge in [0.25, 0.3) is 0 Å². The number of aliphatic hydroxyl groups excluding tert-OH is 1. The number of likely N-dealkylation sites (tertiary alicyclic amines) is 2. The molecule has 3 aliphatic heterocycles. The zero-order valence-corrected chi connectivity index (χ0v) is 20.0. The molecule has 2 N–H and O–H groups in total. The van der Waals surface area contributed by atoms with Gasteiger partial charge in [0, 0.05) is 56.6 Å². The lowest BCUT2D eigenvalue weighted by Gasteiger charge is -2.48. The number of benzene rings is 1. The minimum atomic E-state index is -0.357. The number of aliphatic hydroxyl groups is 1. The lowest BCUT2D eigenvalue weighted by atomic mass is 9.87. The Hall–Kier alpha value is -2.29. The number of hydrogen-bond acceptors (Lipinski definition) is 6. The highest BCUT2D eigenvalue weighted by Gasteiger charge is 2.46. The van der Waals surface area contributed by atoms with E-state index in [0.29, 0.717) is 31.4 Å². The van der Waals surface area contributed by atoms with Crippen molar-refractivity contribution >= 4 is 22.7 Å². The Morgan fingerprint density at radius 2 is 1.91 bits per heavy atom. The number of aryl methyl sites for hydroxylation is 1. The summed E-state index contributed by atoms with van der Waals surface area (Å²) in [7, 11) is 1.94. The summed E-state index contributed by atoms with van der Waals surface area (Å²) in [5, 5.41) is 17.7. The number of hydrogen-bond donors (Lipinski definition) is 2. The molecule has 4 heterocycles. The second-order valence-electron chi connectivity index (χ2n) is 11.1. The average molecular weight is 466 g/mol. The zero-order valence-electron chi connectivity index (χ0n) is 20.0. The van der Waals surface area contributed by atoms with Crippen molar-refractivity contribution in [2.45, 2.75) is 56.4 Å². The van der Waals surface area contributed by atoms with Crippen molar-refractivity contribution in [3.8, 4) is 0 Å². The molecule has 1 unspecified atom stereocenters. The van der Waals surface area contributed by atoms with E-state index in [2.05, 4.69) is 38.4 Å². The maximum Gasteiger partial charge on any atom is 0.235 e. The Bertz CT molecular complexity index is 1110. The van der Waals surface area contributed by atoms with Gasteiger partial charge in [0.05, 0.1) is 17.1 Å². The summed E-state index contributed by atoms with van der Waals surface area (Å²) < 4.78 is 1.88. The maximum atomic E-state index is 12.4. The van der Waals surface area contributed by atoms with Crippen LogP contribution in [0.3, 0.4) is 0 Å². The third-order valence-electron chi connectivity index (χ3n) is 8.78. The first-order valence-electron chi connectivity index (χ1n) is 12.8. The van der Waals surface area contributed by atoms with E-state index in [4.69, 9.17) is 0 Å². The first-order valence-corrected chi connectivity index (χ1v) is 12.8. The average Bonchev–Trinajstić information content (AvgIpc) is 3.53. The SMILES string of the molecule is Cn1nc(C2CCC(=O)NC2=O)c2ccc(C3CCN(C4CN(CC5(CO)CC5)C4)CC3)cc21. The number of fused-ring (bicyclic) bond motifs is 1. The summed E-state index contributed by atoms with van der Waals surface area (Å²) in [6, 6.07) is 7.27. The molecule has 6 rings (SSSR count). The number of aromatic nitrogens is 2. The van der Waals surface area contributed by atoms with Crippen molar-refractivity contribution in [1.82, 2.24) is 24.9 Å². The van der Waals surface area contributed by atoms with Crippen LogP contribution in [0.25, 0.3) is 10.9 Å². The van der Waals surface area contributed by atoms with Crippen LogP contribution in [-0.2, 0) is 16.6 Å². The molecule has 0 spiro atoms. The Morgan fingerprint density at radius 3 is 2.59 bits per heavy atom. The lowest BCUT2D eigenvalue weighted by Crippen LogP contribution is -2.61. The zero-order chi connectivity index (χ0) is 23.4. The highest BCUT2D eigenvalue weighted by molar-refractivity contribution is 6.02. The van der Waals surface area contributed by atoms with Gasteiger partial charge in [-0.05, 0) is 62.7 Å². The third kappa shape index (κ3) is 3.95. The molecule has 4 aliphatic rings. The van der Waals surface area contributed by atoms with Crippen LogP contribution in [0.5, 0.6) is 0 Å². The molecule has 4 fully saturated rings. The number of carbonyl (C=O) groups is 2. The summed E-state index contributed by atoms with van der Waals surface area (Å²) in [6.45, 7) is 5.99. The van der Waals surface area contributed by atoms with Gasteiger partial charge < -0.3 is 5.11 Å². The van der Waals surface area contributed by atoms with Crippen LogP contribution in [0, 0.1) is 5.41 Å². The summed E-state index contributed by atoms with van der Waals surface area (Å²) in [6.07, 6.45) is 5.60. The normalized spacial score (nSPS) is 26.6. The number of nitrogens with one attached hydrogen (secondary N) is 1. The molecule has 1 aromatic carbocycles. The van der Waals surface area contributed by atoms with Gasteiger partial charge in [-0.3, -0.25) is 29.4 Å². The molecule has 2 aromatic rings. The van der Waals surface area contributed by atoms with Crippen LogP contribution in [0.4, 0.5) is 0 Å². The largest absolute Gasteiger partial charge is 0.396 e. The van der Waals surface area contributed by atoms with E-state index in [1.54, 1.807) is 0 Å². The number of nitrogens with zero attached hydrogens (tertiary/aromatic N) is 4. The molecule has 1 aliphatic carbocycles. The number of amides is 2. The van der Waals surface area contributed by atoms with Crippen molar-refractivity contribution in [2.75, 3.05) is 39.3 Å². The van der Waals surface area contributed by atoms with Gasteiger partial charge in [0.15, 0.2) is 0 Å². The summed E-state index contributed by atoms with van der Waals surface area (Å²) >= 11 is 0. The quantitative estimate of drug-likeness (QED) is 0.632. The molecule has 1 atom stereocenters. The molecule has 0 bridgehead atoms. The molecule has 34 heavy (non-hydrogen) atoms. The van der Waals surface area contributed by atoms with Gasteiger partial charge in [0.1, 0.15) is 0 Å². The Morgan fingerprint density at radius 1 is 1.15 bits per heavy atom. The van der Waals surface area contributed by atoms with Crippen molar-refractivity contribution < 1.29 is 14.7 Å². The van der Waals surface area contributed by atoms with E-state index in [1.165, 1.54) is 31.2 Å². The smallest absolute Gasteiger partial charge is 0.235 e. The summed E-state index contributed by atoms with van der Waals surface area (Å²) in [4.78, 5) is 29.1. The van der Waals surface area contributed by atoms with Crippen molar-refractivity contribution in [1.29, 1.82) is 0 Å². The van der Waals surface area contributed by atoms with Gasteiger partial charge in [-0.2, -0.15) is 5.10 Å². The van der Waals surface area contributed by atoms with Crippen LogP contribution in [0.15, 0.2) is 18.2 Å². The predicted octanol–water partition coefficient (Wildman–Crippen LogP) is 1.73. The number of imide groups is 1. The molecule has 3 saturated heterocycles.